The number of rotatable bonds is 5. The molecule has 1 rings (SSSR count). The SMILES string of the molecule is CCCCC1CC(CI)CCC1CC. The first kappa shape index (κ1) is 12.8. The Bertz CT molecular complexity index is 144. The van der Waals surface area contributed by atoms with Crippen molar-refractivity contribution in [1.82, 2.24) is 0 Å². The topological polar surface area (TPSA) is 0 Å². The summed E-state index contributed by atoms with van der Waals surface area (Å²) in [6.07, 6.45) is 10.3. The molecule has 0 amide bonds. The zero-order chi connectivity index (χ0) is 10.4. The second kappa shape index (κ2) is 7.08. The van der Waals surface area contributed by atoms with Gasteiger partial charge in [-0.25, -0.2) is 0 Å². The summed E-state index contributed by atoms with van der Waals surface area (Å²) in [7, 11) is 0. The zero-order valence-corrected chi connectivity index (χ0v) is 11.9. The van der Waals surface area contributed by atoms with Crippen molar-refractivity contribution in [3.05, 3.63) is 0 Å². The van der Waals surface area contributed by atoms with Gasteiger partial charge in [-0.15, -0.1) is 0 Å². The summed E-state index contributed by atoms with van der Waals surface area (Å²) in [6, 6.07) is 0. The van der Waals surface area contributed by atoms with Crippen molar-refractivity contribution in [2.75, 3.05) is 4.43 Å². The summed E-state index contributed by atoms with van der Waals surface area (Å²) in [6.45, 7) is 4.70. The van der Waals surface area contributed by atoms with Gasteiger partial charge in [-0.3, -0.25) is 0 Å². The molecule has 1 heteroatoms. The van der Waals surface area contributed by atoms with Crippen LogP contribution in [0.3, 0.4) is 0 Å². The fourth-order valence-corrected chi connectivity index (χ4v) is 3.72. The van der Waals surface area contributed by atoms with Gasteiger partial charge < -0.3 is 0 Å². The van der Waals surface area contributed by atoms with E-state index in [1.54, 1.807) is 0 Å². The van der Waals surface area contributed by atoms with E-state index in [1.165, 1.54) is 49.4 Å². The highest BCUT2D eigenvalue weighted by Crippen LogP contribution is 2.39. The van der Waals surface area contributed by atoms with Crippen LogP contribution < -0.4 is 0 Å². The zero-order valence-electron chi connectivity index (χ0n) is 9.77. The lowest BCUT2D eigenvalue weighted by molar-refractivity contribution is 0.174. The summed E-state index contributed by atoms with van der Waals surface area (Å²) in [5.41, 5.74) is 0. The van der Waals surface area contributed by atoms with Crippen LogP contribution in [0.2, 0.25) is 0 Å². The molecular weight excluding hydrogens is 283 g/mol. The third-order valence-corrected chi connectivity index (χ3v) is 5.17. The summed E-state index contributed by atoms with van der Waals surface area (Å²) < 4.78 is 1.39. The number of alkyl halides is 1. The van der Waals surface area contributed by atoms with Gasteiger partial charge >= 0.3 is 0 Å². The average Bonchev–Trinajstić information content (AvgIpc) is 2.25. The summed E-state index contributed by atoms with van der Waals surface area (Å²) >= 11 is 2.57. The van der Waals surface area contributed by atoms with Crippen LogP contribution >= 0.6 is 22.6 Å². The predicted molar refractivity (Wildman–Crippen MR) is 73.0 cm³/mol. The van der Waals surface area contributed by atoms with Crippen LogP contribution in [0.25, 0.3) is 0 Å². The standard InChI is InChI=1S/C13H25I/c1-3-5-6-13-9-11(10-14)7-8-12(13)4-2/h11-13H,3-10H2,1-2H3. The Morgan fingerprint density at radius 1 is 1.14 bits per heavy atom. The predicted octanol–water partition coefficient (Wildman–Crippen LogP) is 5.05. The number of unbranched alkanes of at least 4 members (excludes halogenated alkanes) is 1. The Balaban J connectivity index is 2.38. The minimum atomic E-state index is 1.04. The molecule has 0 aromatic heterocycles. The number of hydrogen-bond donors (Lipinski definition) is 0. The highest BCUT2D eigenvalue weighted by Gasteiger charge is 2.27. The molecule has 0 aromatic carbocycles. The van der Waals surface area contributed by atoms with Crippen LogP contribution in [0, 0.1) is 17.8 Å². The van der Waals surface area contributed by atoms with Crippen LogP contribution in [-0.2, 0) is 0 Å². The van der Waals surface area contributed by atoms with Gasteiger partial charge in [0.2, 0.25) is 0 Å². The third-order valence-electron chi connectivity index (χ3n) is 3.92. The fraction of sp³-hybridized carbons (Fsp3) is 1.00. The third kappa shape index (κ3) is 3.71. The molecule has 0 heterocycles. The second-order valence-electron chi connectivity index (χ2n) is 4.90. The van der Waals surface area contributed by atoms with Gasteiger partial charge in [0.25, 0.3) is 0 Å². The molecule has 14 heavy (non-hydrogen) atoms. The Kier molecular flexibility index (Phi) is 6.47. The lowest BCUT2D eigenvalue weighted by atomic mass is 9.72. The van der Waals surface area contributed by atoms with E-state index < -0.39 is 0 Å². The molecule has 1 aliphatic rings. The van der Waals surface area contributed by atoms with E-state index in [0.717, 1.165) is 17.8 Å². The van der Waals surface area contributed by atoms with E-state index in [9.17, 15) is 0 Å². The quantitative estimate of drug-likeness (QED) is 0.492. The molecule has 0 nitrogen and oxygen atoms in total. The lowest BCUT2D eigenvalue weighted by Gasteiger charge is -2.35. The summed E-state index contributed by atoms with van der Waals surface area (Å²) in [4.78, 5) is 0. The first-order valence-electron chi connectivity index (χ1n) is 6.37. The minimum Gasteiger partial charge on any atom is -0.0861 e. The maximum Gasteiger partial charge on any atom is 0.00238 e. The van der Waals surface area contributed by atoms with E-state index in [0.29, 0.717) is 0 Å². The normalized spacial score (nSPS) is 33.2. The largest absolute Gasteiger partial charge is 0.0861 e. The van der Waals surface area contributed by atoms with Gasteiger partial charge in [-0.2, -0.15) is 0 Å². The van der Waals surface area contributed by atoms with Crippen LogP contribution in [0.15, 0.2) is 0 Å². The molecule has 3 atom stereocenters. The highest BCUT2D eigenvalue weighted by molar-refractivity contribution is 14.1. The maximum absolute atomic E-state index is 2.57. The van der Waals surface area contributed by atoms with Crippen molar-refractivity contribution in [3.63, 3.8) is 0 Å². The maximum atomic E-state index is 2.57. The van der Waals surface area contributed by atoms with Crippen molar-refractivity contribution in [2.24, 2.45) is 17.8 Å². The lowest BCUT2D eigenvalue weighted by Crippen LogP contribution is -2.25. The van der Waals surface area contributed by atoms with Gasteiger partial charge in [0.15, 0.2) is 0 Å². The molecule has 3 unspecified atom stereocenters. The Labute approximate surface area is 103 Å². The highest BCUT2D eigenvalue weighted by atomic mass is 127. The number of halogens is 1. The van der Waals surface area contributed by atoms with Crippen molar-refractivity contribution in [1.29, 1.82) is 0 Å². The molecule has 0 N–H and O–H groups in total. The Morgan fingerprint density at radius 3 is 2.50 bits per heavy atom. The Hall–Kier alpha value is 0.730. The number of hydrogen-bond acceptors (Lipinski definition) is 0. The molecule has 1 aliphatic carbocycles. The smallest absolute Gasteiger partial charge is 0.00238 e. The van der Waals surface area contributed by atoms with Gasteiger partial charge in [-0.1, -0.05) is 62.1 Å². The molecule has 0 saturated heterocycles. The van der Waals surface area contributed by atoms with Crippen molar-refractivity contribution >= 4 is 22.6 Å². The van der Waals surface area contributed by atoms with Crippen LogP contribution in [0.1, 0.15) is 58.8 Å². The first-order valence-corrected chi connectivity index (χ1v) is 7.90. The minimum absolute atomic E-state index is 1.04. The van der Waals surface area contributed by atoms with Gasteiger partial charge in [0.1, 0.15) is 0 Å². The van der Waals surface area contributed by atoms with Crippen LogP contribution in [0.5, 0.6) is 0 Å². The molecular formula is C13H25I. The van der Waals surface area contributed by atoms with E-state index >= 15 is 0 Å². The molecule has 84 valence electrons. The van der Waals surface area contributed by atoms with Crippen LogP contribution in [0.4, 0.5) is 0 Å². The molecule has 0 aromatic rings. The van der Waals surface area contributed by atoms with Gasteiger partial charge in [0.05, 0.1) is 0 Å². The molecule has 0 aliphatic heterocycles. The van der Waals surface area contributed by atoms with E-state index in [2.05, 4.69) is 36.4 Å². The molecule has 0 bridgehead atoms. The molecule has 0 radical (unpaired) electrons. The van der Waals surface area contributed by atoms with Crippen molar-refractivity contribution < 1.29 is 0 Å². The van der Waals surface area contributed by atoms with E-state index in [1.807, 2.05) is 0 Å². The molecule has 0 spiro atoms. The fourth-order valence-electron chi connectivity index (χ4n) is 2.92. The average molecular weight is 308 g/mol. The summed E-state index contributed by atoms with van der Waals surface area (Å²) in [5, 5.41) is 0. The monoisotopic (exact) mass is 308 g/mol. The Morgan fingerprint density at radius 2 is 1.93 bits per heavy atom. The van der Waals surface area contributed by atoms with E-state index in [-0.39, 0.29) is 0 Å². The van der Waals surface area contributed by atoms with E-state index in [4.69, 9.17) is 0 Å². The first-order chi connectivity index (χ1) is 6.81. The van der Waals surface area contributed by atoms with Gasteiger partial charge in [-0.05, 0) is 37.0 Å². The van der Waals surface area contributed by atoms with Crippen molar-refractivity contribution in [2.45, 2.75) is 58.8 Å². The summed E-state index contributed by atoms with van der Waals surface area (Å²) in [5.74, 6) is 3.16. The molecule has 1 fully saturated rings. The van der Waals surface area contributed by atoms with Gasteiger partial charge in [0, 0.05) is 4.43 Å². The van der Waals surface area contributed by atoms with Crippen molar-refractivity contribution in [3.8, 4) is 0 Å². The van der Waals surface area contributed by atoms with Crippen LogP contribution in [-0.4, -0.2) is 4.43 Å². The molecule has 1 saturated carbocycles. The second-order valence-corrected chi connectivity index (χ2v) is 5.78.